The Kier molecular flexibility index (Phi) is 6.96. The van der Waals surface area contributed by atoms with Crippen LogP contribution in [0.5, 0.6) is 0 Å². The lowest BCUT2D eigenvalue weighted by atomic mass is 10.1. The summed E-state index contributed by atoms with van der Waals surface area (Å²) < 4.78 is 5.29. The predicted molar refractivity (Wildman–Crippen MR) is 78.6 cm³/mol. The van der Waals surface area contributed by atoms with Gasteiger partial charge in [0.2, 0.25) is 0 Å². The van der Waals surface area contributed by atoms with Gasteiger partial charge in [-0.15, -0.1) is 0 Å². The molecule has 19 heavy (non-hydrogen) atoms. The SMILES string of the molecule is CC(C)(C)OC(=O)N1CC(NCCSCCCO)C1. The Morgan fingerprint density at radius 2 is 2.11 bits per heavy atom. The van der Waals surface area contributed by atoms with E-state index < -0.39 is 5.60 Å². The Bertz CT molecular complexity index is 276. The van der Waals surface area contributed by atoms with Crippen molar-refractivity contribution in [3.63, 3.8) is 0 Å². The molecule has 0 spiro atoms. The van der Waals surface area contributed by atoms with E-state index in [1.807, 2.05) is 32.5 Å². The molecule has 2 N–H and O–H groups in total. The molecule has 1 amide bonds. The van der Waals surface area contributed by atoms with Gasteiger partial charge in [0.1, 0.15) is 5.60 Å². The number of carbonyl (C=O) groups excluding carboxylic acids is 1. The van der Waals surface area contributed by atoms with Crippen LogP contribution in [0.1, 0.15) is 27.2 Å². The highest BCUT2D eigenvalue weighted by atomic mass is 32.2. The van der Waals surface area contributed by atoms with Crippen LogP contribution in [0.15, 0.2) is 0 Å². The fourth-order valence-corrected chi connectivity index (χ4v) is 2.49. The summed E-state index contributed by atoms with van der Waals surface area (Å²) in [5.74, 6) is 2.05. The van der Waals surface area contributed by atoms with Gasteiger partial charge in [0.15, 0.2) is 0 Å². The molecule has 0 atom stereocenters. The van der Waals surface area contributed by atoms with Crippen LogP contribution in [0.3, 0.4) is 0 Å². The summed E-state index contributed by atoms with van der Waals surface area (Å²) in [4.78, 5) is 13.4. The van der Waals surface area contributed by atoms with Gasteiger partial charge < -0.3 is 20.1 Å². The summed E-state index contributed by atoms with van der Waals surface area (Å²) >= 11 is 1.84. The lowest BCUT2D eigenvalue weighted by Gasteiger charge is -2.40. The number of likely N-dealkylation sites (tertiary alicyclic amines) is 1. The molecular weight excluding hydrogens is 264 g/mol. The largest absolute Gasteiger partial charge is 0.444 e. The Balaban J connectivity index is 1.99. The van der Waals surface area contributed by atoms with E-state index >= 15 is 0 Å². The molecule has 0 aromatic carbocycles. The van der Waals surface area contributed by atoms with Crippen LogP contribution in [-0.2, 0) is 4.74 Å². The van der Waals surface area contributed by atoms with E-state index in [1.165, 1.54) is 0 Å². The fraction of sp³-hybridized carbons (Fsp3) is 0.923. The average Bonchev–Trinajstić information content (AvgIpc) is 2.22. The van der Waals surface area contributed by atoms with E-state index in [0.29, 0.717) is 6.04 Å². The van der Waals surface area contributed by atoms with Crippen LogP contribution in [-0.4, -0.2) is 65.5 Å². The van der Waals surface area contributed by atoms with Crippen molar-refractivity contribution in [2.75, 3.05) is 37.7 Å². The lowest BCUT2D eigenvalue weighted by Crippen LogP contribution is -2.60. The second kappa shape index (κ2) is 7.97. The quantitative estimate of drug-likeness (QED) is 0.692. The molecule has 0 aromatic rings. The van der Waals surface area contributed by atoms with E-state index in [9.17, 15) is 4.79 Å². The topological polar surface area (TPSA) is 61.8 Å². The molecule has 0 radical (unpaired) electrons. The molecule has 5 nitrogen and oxygen atoms in total. The van der Waals surface area contributed by atoms with Gasteiger partial charge >= 0.3 is 6.09 Å². The van der Waals surface area contributed by atoms with Crippen molar-refractivity contribution in [1.29, 1.82) is 0 Å². The number of nitrogens with zero attached hydrogens (tertiary/aromatic N) is 1. The minimum absolute atomic E-state index is 0.220. The number of rotatable bonds is 7. The zero-order valence-corrected chi connectivity index (χ0v) is 13.0. The summed E-state index contributed by atoms with van der Waals surface area (Å²) in [6.45, 7) is 8.32. The molecule has 112 valence electrons. The Morgan fingerprint density at radius 3 is 2.68 bits per heavy atom. The molecule has 1 aliphatic rings. The number of thioether (sulfide) groups is 1. The number of aliphatic hydroxyl groups is 1. The summed E-state index contributed by atoms with van der Waals surface area (Å²) in [6, 6.07) is 0.394. The van der Waals surface area contributed by atoms with Crippen LogP contribution < -0.4 is 5.32 Å². The van der Waals surface area contributed by atoms with Crippen molar-refractivity contribution < 1.29 is 14.6 Å². The maximum atomic E-state index is 11.7. The summed E-state index contributed by atoms with van der Waals surface area (Å²) in [7, 11) is 0. The predicted octanol–water partition coefficient (Wildman–Crippen LogP) is 1.31. The number of hydrogen-bond donors (Lipinski definition) is 2. The third-order valence-electron chi connectivity index (χ3n) is 2.66. The van der Waals surface area contributed by atoms with Crippen molar-refractivity contribution in [1.82, 2.24) is 10.2 Å². The van der Waals surface area contributed by atoms with Gasteiger partial charge in [0, 0.05) is 38.0 Å². The molecule has 1 aliphatic heterocycles. The summed E-state index contributed by atoms with van der Waals surface area (Å²) in [5.41, 5.74) is -0.418. The van der Waals surface area contributed by atoms with E-state index in [0.717, 1.165) is 37.6 Å². The number of carbonyl (C=O) groups is 1. The van der Waals surface area contributed by atoms with Crippen molar-refractivity contribution in [2.45, 2.75) is 38.8 Å². The maximum Gasteiger partial charge on any atom is 0.410 e. The van der Waals surface area contributed by atoms with E-state index in [2.05, 4.69) is 5.32 Å². The Hall–Kier alpha value is -0.460. The van der Waals surface area contributed by atoms with Crippen LogP contribution in [0, 0.1) is 0 Å². The van der Waals surface area contributed by atoms with Crippen molar-refractivity contribution >= 4 is 17.9 Å². The minimum atomic E-state index is -0.418. The average molecular weight is 290 g/mol. The Morgan fingerprint density at radius 1 is 1.42 bits per heavy atom. The summed E-state index contributed by atoms with van der Waals surface area (Å²) in [6.07, 6.45) is 0.642. The third kappa shape index (κ3) is 7.03. The molecule has 0 saturated carbocycles. The molecular formula is C13H26N2O3S. The smallest absolute Gasteiger partial charge is 0.410 e. The number of nitrogens with one attached hydrogen (secondary N) is 1. The third-order valence-corrected chi connectivity index (χ3v) is 3.73. The number of hydrogen-bond acceptors (Lipinski definition) is 5. The van der Waals surface area contributed by atoms with Crippen molar-refractivity contribution in [2.24, 2.45) is 0 Å². The first-order valence-electron chi connectivity index (χ1n) is 6.82. The van der Waals surface area contributed by atoms with Gasteiger partial charge in [-0.3, -0.25) is 0 Å². The van der Waals surface area contributed by atoms with Crippen LogP contribution >= 0.6 is 11.8 Å². The molecule has 6 heteroatoms. The van der Waals surface area contributed by atoms with Crippen LogP contribution in [0.2, 0.25) is 0 Å². The second-order valence-corrected chi connectivity index (χ2v) is 6.95. The van der Waals surface area contributed by atoms with E-state index in [-0.39, 0.29) is 12.7 Å². The maximum absolute atomic E-state index is 11.7. The molecule has 0 aromatic heterocycles. The lowest BCUT2D eigenvalue weighted by molar-refractivity contribution is 0.00556. The molecule has 1 fully saturated rings. The molecule has 1 saturated heterocycles. The monoisotopic (exact) mass is 290 g/mol. The van der Waals surface area contributed by atoms with Gasteiger partial charge in [0.05, 0.1) is 0 Å². The molecule has 1 heterocycles. The fourth-order valence-electron chi connectivity index (χ4n) is 1.69. The highest BCUT2D eigenvalue weighted by molar-refractivity contribution is 7.99. The zero-order chi connectivity index (χ0) is 14.3. The highest BCUT2D eigenvalue weighted by Gasteiger charge is 2.33. The Labute approximate surface area is 120 Å². The van der Waals surface area contributed by atoms with Gasteiger partial charge in [-0.2, -0.15) is 11.8 Å². The summed E-state index contributed by atoms with van der Waals surface area (Å²) in [5, 5.41) is 12.1. The van der Waals surface area contributed by atoms with Crippen LogP contribution in [0.25, 0.3) is 0 Å². The highest BCUT2D eigenvalue weighted by Crippen LogP contribution is 2.15. The number of aliphatic hydroxyl groups excluding tert-OH is 1. The zero-order valence-electron chi connectivity index (χ0n) is 12.1. The first-order valence-corrected chi connectivity index (χ1v) is 7.98. The normalized spacial score (nSPS) is 16.3. The van der Waals surface area contributed by atoms with Gasteiger partial charge in [-0.25, -0.2) is 4.79 Å². The number of amides is 1. The standard InChI is InChI=1S/C13H26N2O3S/c1-13(2,3)18-12(17)15-9-11(10-15)14-5-8-19-7-4-6-16/h11,14,16H,4-10H2,1-3H3. The van der Waals surface area contributed by atoms with Crippen molar-refractivity contribution in [3.05, 3.63) is 0 Å². The van der Waals surface area contributed by atoms with Crippen molar-refractivity contribution in [3.8, 4) is 0 Å². The molecule has 0 bridgehead atoms. The van der Waals surface area contributed by atoms with E-state index in [4.69, 9.17) is 9.84 Å². The van der Waals surface area contributed by atoms with Crippen LogP contribution in [0.4, 0.5) is 4.79 Å². The minimum Gasteiger partial charge on any atom is -0.444 e. The van der Waals surface area contributed by atoms with Gasteiger partial charge in [-0.05, 0) is 32.9 Å². The molecule has 0 aliphatic carbocycles. The number of ether oxygens (including phenoxy) is 1. The molecule has 0 unspecified atom stereocenters. The van der Waals surface area contributed by atoms with Gasteiger partial charge in [0.25, 0.3) is 0 Å². The first kappa shape index (κ1) is 16.6. The second-order valence-electron chi connectivity index (χ2n) is 5.73. The first-order chi connectivity index (χ1) is 8.92. The molecule has 1 rings (SSSR count). The van der Waals surface area contributed by atoms with Gasteiger partial charge in [-0.1, -0.05) is 0 Å². The van der Waals surface area contributed by atoms with E-state index in [1.54, 1.807) is 4.90 Å².